The number of piperidine rings is 1. The maximum Gasteiger partial charge on any atom is 0.191 e. The molecule has 146 valence electrons. The van der Waals surface area contributed by atoms with Crippen LogP contribution in [0.1, 0.15) is 25.3 Å². The summed E-state index contributed by atoms with van der Waals surface area (Å²) in [5.41, 5.74) is 1.21. The van der Waals surface area contributed by atoms with E-state index in [1.165, 1.54) is 5.56 Å². The van der Waals surface area contributed by atoms with Gasteiger partial charge in [0.05, 0.1) is 13.2 Å². The fourth-order valence-electron chi connectivity index (χ4n) is 3.11. The first kappa shape index (κ1) is 20.5. The monoisotopic (exact) mass is 362 g/mol. The summed E-state index contributed by atoms with van der Waals surface area (Å²) in [5, 5.41) is 6.91. The minimum Gasteiger partial charge on any atom is -0.489 e. The van der Waals surface area contributed by atoms with Crippen LogP contribution in [0.25, 0.3) is 0 Å². The van der Waals surface area contributed by atoms with Gasteiger partial charge in [0, 0.05) is 39.8 Å². The topological polar surface area (TPSA) is 58.1 Å². The molecule has 2 N–H and O–H groups in total. The fraction of sp³-hybridized carbons (Fsp3) is 0.650. The van der Waals surface area contributed by atoms with Crippen LogP contribution in [0.2, 0.25) is 0 Å². The largest absolute Gasteiger partial charge is 0.489 e. The highest BCUT2D eigenvalue weighted by Gasteiger charge is 2.19. The molecule has 0 saturated carbocycles. The number of aliphatic imine (C=N–C) groups is 1. The molecule has 0 amide bonds. The van der Waals surface area contributed by atoms with Crippen LogP contribution in [0.4, 0.5) is 0 Å². The van der Waals surface area contributed by atoms with Crippen molar-refractivity contribution in [2.75, 3.05) is 46.9 Å². The number of nitrogens with zero attached hydrogens (tertiary/aromatic N) is 2. The lowest BCUT2D eigenvalue weighted by Gasteiger charge is -2.33. The van der Waals surface area contributed by atoms with E-state index in [2.05, 4.69) is 46.5 Å². The Hall–Kier alpha value is -1.79. The number of nitrogens with one attached hydrogen (secondary N) is 2. The lowest BCUT2D eigenvalue weighted by Crippen LogP contribution is -2.50. The van der Waals surface area contributed by atoms with Gasteiger partial charge in [0.1, 0.15) is 11.9 Å². The minimum absolute atomic E-state index is 0.0613. The Balaban J connectivity index is 1.69. The third-order valence-corrected chi connectivity index (χ3v) is 4.65. The van der Waals surface area contributed by atoms with E-state index in [1.807, 2.05) is 19.2 Å². The molecule has 1 aliphatic rings. The SMILES string of the molecule is CN=C(NCC(C)Oc1cccc(C)c1)NC1CCN(CCOC)CC1. The van der Waals surface area contributed by atoms with Crippen LogP contribution < -0.4 is 15.4 Å². The van der Waals surface area contributed by atoms with E-state index >= 15 is 0 Å². The molecule has 0 spiro atoms. The Kier molecular flexibility index (Phi) is 8.71. The highest BCUT2D eigenvalue weighted by Crippen LogP contribution is 2.14. The van der Waals surface area contributed by atoms with Gasteiger partial charge in [0.2, 0.25) is 0 Å². The van der Waals surface area contributed by atoms with Crippen molar-refractivity contribution in [2.45, 2.75) is 38.8 Å². The fourth-order valence-corrected chi connectivity index (χ4v) is 3.11. The van der Waals surface area contributed by atoms with E-state index in [0.717, 1.165) is 50.8 Å². The second-order valence-electron chi connectivity index (χ2n) is 6.95. The molecule has 1 saturated heterocycles. The summed E-state index contributed by atoms with van der Waals surface area (Å²) in [5.74, 6) is 1.76. The zero-order chi connectivity index (χ0) is 18.8. The van der Waals surface area contributed by atoms with E-state index in [1.54, 1.807) is 7.11 Å². The zero-order valence-electron chi connectivity index (χ0n) is 16.6. The predicted molar refractivity (Wildman–Crippen MR) is 107 cm³/mol. The van der Waals surface area contributed by atoms with E-state index < -0.39 is 0 Å². The van der Waals surface area contributed by atoms with Gasteiger partial charge in [0.25, 0.3) is 0 Å². The number of hydrogen-bond acceptors (Lipinski definition) is 4. The molecule has 0 aliphatic carbocycles. The van der Waals surface area contributed by atoms with Gasteiger partial charge in [-0.1, -0.05) is 12.1 Å². The van der Waals surface area contributed by atoms with Gasteiger partial charge in [-0.3, -0.25) is 4.99 Å². The standard InChI is InChI=1S/C20H34N4O2/c1-16-6-5-7-19(14-16)26-17(2)15-22-20(21-3)23-18-8-10-24(11-9-18)12-13-25-4/h5-7,14,17-18H,8-13,15H2,1-4H3,(H2,21,22,23). The number of likely N-dealkylation sites (tertiary alicyclic amines) is 1. The molecule has 0 radical (unpaired) electrons. The van der Waals surface area contributed by atoms with Gasteiger partial charge >= 0.3 is 0 Å². The van der Waals surface area contributed by atoms with Crippen LogP contribution >= 0.6 is 0 Å². The summed E-state index contributed by atoms with van der Waals surface area (Å²) in [7, 11) is 3.57. The van der Waals surface area contributed by atoms with Crippen molar-refractivity contribution in [1.82, 2.24) is 15.5 Å². The summed E-state index contributed by atoms with van der Waals surface area (Å²) in [6, 6.07) is 8.61. The van der Waals surface area contributed by atoms with Crippen molar-refractivity contribution in [3.8, 4) is 5.75 Å². The molecule has 6 heteroatoms. The van der Waals surface area contributed by atoms with Gasteiger partial charge in [-0.05, 0) is 44.4 Å². The molecule has 1 atom stereocenters. The second-order valence-corrected chi connectivity index (χ2v) is 6.95. The molecule has 1 aromatic rings. The number of methoxy groups -OCH3 is 1. The molecule has 0 bridgehead atoms. The van der Waals surface area contributed by atoms with E-state index in [4.69, 9.17) is 9.47 Å². The van der Waals surface area contributed by atoms with Crippen LogP contribution in [0.3, 0.4) is 0 Å². The summed E-state index contributed by atoms with van der Waals surface area (Å²) >= 11 is 0. The third kappa shape index (κ3) is 7.22. The summed E-state index contributed by atoms with van der Waals surface area (Å²) in [4.78, 5) is 6.80. The van der Waals surface area contributed by atoms with Crippen molar-refractivity contribution < 1.29 is 9.47 Å². The summed E-state index contributed by atoms with van der Waals surface area (Å²) in [6.45, 7) is 8.87. The first-order chi connectivity index (χ1) is 12.6. The minimum atomic E-state index is 0.0613. The van der Waals surface area contributed by atoms with E-state index in [-0.39, 0.29) is 6.10 Å². The van der Waals surface area contributed by atoms with Crippen LogP contribution in [0, 0.1) is 6.92 Å². The molecular formula is C20H34N4O2. The average Bonchev–Trinajstić information content (AvgIpc) is 2.64. The number of aryl methyl sites for hydroxylation is 1. The Morgan fingerprint density at radius 2 is 2.12 bits per heavy atom. The van der Waals surface area contributed by atoms with Gasteiger partial charge in [-0.2, -0.15) is 0 Å². The molecule has 6 nitrogen and oxygen atoms in total. The van der Waals surface area contributed by atoms with Crippen molar-refractivity contribution in [1.29, 1.82) is 0 Å². The molecule has 1 aliphatic heterocycles. The number of ether oxygens (including phenoxy) is 2. The smallest absolute Gasteiger partial charge is 0.191 e. The third-order valence-electron chi connectivity index (χ3n) is 4.65. The average molecular weight is 363 g/mol. The van der Waals surface area contributed by atoms with Gasteiger partial charge in [-0.15, -0.1) is 0 Å². The van der Waals surface area contributed by atoms with Gasteiger partial charge in [0.15, 0.2) is 5.96 Å². The maximum absolute atomic E-state index is 5.97. The summed E-state index contributed by atoms with van der Waals surface area (Å²) < 4.78 is 11.1. The Morgan fingerprint density at radius 3 is 2.77 bits per heavy atom. The first-order valence-electron chi connectivity index (χ1n) is 9.52. The molecule has 1 aromatic carbocycles. The number of benzene rings is 1. The van der Waals surface area contributed by atoms with Crippen LogP contribution in [-0.4, -0.2) is 69.9 Å². The lowest BCUT2D eigenvalue weighted by molar-refractivity contribution is 0.128. The van der Waals surface area contributed by atoms with Crippen molar-refractivity contribution in [3.05, 3.63) is 29.8 Å². The van der Waals surface area contributed by atoms with Crippen molar-refractivity contribution in [2.24, 2.45) is 4.99 Å². The normalized spacial score (nSPS) is 17.8. The van der Waals surface area contributed by atoms with E-state index in [0.29, 0.717) is 12.6 Å². The molecule has 0 aromatic heterocycles. The Bertz CT molecular complexity index is 556. The molecule has 2 rings (SSSR count). The number of rotatable bonds is 8. The highest BCUT2D eigenvalue weighted by atomic mass is 16.5. The molecule has 1 heterocycles. The van der Waals surface area contributed by atoms with Crippen molar-refractivity contribution >= 4 is 5.96 Å². The predicted octanol–water partition coefficient (Wildman–Crippen LogP) is 2.04. The second kappa shape index (κ2) is 11.0. The molecule has 26 heavy (non-hydrogen) atoms. The molecule has 1 unspecified atom stereocenters. The highest BCUT2D eigenvalue weighted by molar-refractivity contribution is 5.80. The van der Waals surface area contributed by atoms with Crippen LogP contribution in [0.5, 0.6) is 5.75 Å². The molecular weight excluding hydrogens is 328 g/mol. The van der Waals surface area contributed by atoms with Crippen LogP contribution in [0.15, 0.2) is 29.3 Å². The van der Waals surface area contributed by atoms with Crippen molar-refractivity contribution in [3.63, 3.8) is 0 Å². The van der Waals surface area contributed by atoms with E-state index in [9.17, 15) is 0 Å². The maximum atomic E-state index is 5.97. The molecule has 1 fully saturated rings. The first-order valence-corrected chi connectivity index (χ1v) is 9.52. The van der Waals surface area contributed by atoms with Gasteiger partial charge in [-0.25, -0.2) is 0 Å². The number of guanidine groups is 1. The Morgan fingerprint density at radius 1 is 1.35 bits per heavy atom. The van der Waals surface area contributed by atoms with Gasteiger partial charge < -0.3 is 25.0 Å². The lowest BCUT2D eigenvalue weighted by atomic mass is 10.1. The summed E-state index contributed by atoms with van der Waals surface area (Å²) in [6.07, 6.45) is 2.31. The Labute approximate surface area is 158 Å². The van der Waals surface area contributed by atoms with Crippen LogP contribution in [-0.2, 0) is 4.74 Å². The quantitative estimate of drug-likeness (QED) is 0.547. The zero-order valence-corrected chi connectivity index (χ0v) is 16.6. The number of hydrogen-bond donors (Lipinski definition) is 2.